The maximum Gasteiger partial charge on any atom is 0.410 e. The lowest BCUT2D eigenvalue weighted by atomic mass is 10.1. The Hall–Kier alpha value is -1.69. The molecule has 1 saturated heterocycles. The summed E-state index contributed by atoms with van der Waals surface area (Å²) in [5, 5.41) is 8.07. The largest absolute Gasteiger partial charge is 0.444 e. The summed E-state index contributed by atoms with van der Waals surface area (Å²) in [6.45, 7) is 10.8. The Balaban J connectivity index is 1.95. The summed E-state index contributed by atoms with van der Waals surface area (Å²) in [4.78, 5) is 16.4. The quantitative estimate of drug-likeness (QED) is 0.857. The number of rotatable bonds is 3. The van der Waals surface area contributed by atoms with Gasteiger partial charge >= 0.3 is 6.09 Å². The Labute approximate surface area is 132 Å². The van der Waals surface area contributed by atoms with Crippen LogP contribution in [0.1, 0.15) is 39.8 Å². The van der Waals surface area contributed by atoms with E-state index in [0.29, 0.717) is 19.1 Å². The molecule has 6 heteroatoms. The van der Waals surface area contributed by atoms with Gasteiger partial charge in [-0.25, -0.2) is 4.79 Å². The fraction of sp³-hybridized carbons (Fsp3) is 0.688. The Morgan fingerprint density at radius 2 is 2.18 bits per heavy atom. The minimum atomic E-state index is -0.449. The van der Waals surface area contributed by atoms with Gasteiger partial charge in [0.15, 0.2) is 0 Å². The van der Waals surface area contributed by atoms with Crippen molar-refractivity contribution >= 4 is 6.09 Å². The molecule has 1 unspecified atom stereocenters. The number of carbonyl (C=O) groups is 1. The predicted molar refractivity (Wildman–Crippen MR) is 84.3 cm³/mol. The number of carbonyl (C=O) groups excluding carboxylic acids is 1. The number of ether oxygens (including phenoxy) is 1. The van der Waals surface area contributed by atoms with E-state index in [0.717, 1.165) is 25.2 Å². The molecule has 0 spiro atoms. The third-order valence-electron chi connectivity index (χ3n) is 3.72. The van der Waals surface area contributed by atoms with Crippen molar-refractivity contribution in [1.82, 2.24) is 20.0 Å². The molecule has 2 rings (SSSR count). The molecule has 1 fully saturated rings. The van der Waals surface area contributed by atoms with Crippen molar-refractivity contribution in [3.63, 3.8) is 0 Å². The zero-order chi connectivity index (χ0) is 16.2. The highest BCUT2D eigenvalue weighted by Gasteiger charge is 2.31. The van der Waals surface area contributed by atoms with Gasteiger partial charge in [0.1, 0.15) is 5.60 Å². The molecule has 0 aliphatic carbocycles. The minimum Gasteiger partial charge on any atom is -0.444 e. The summed E-state index contributed by atoms with van der Waals surface area (Å²) in [6, 6.07) is 4.21. The van der Waals surface area contributed by atoms with Crippen molar-refractivity contribution < 1.29 is 9.53 Å². The summed E-state index contributed by atoms with van der Waals surface area (Å²) in [5.41, 5.74) is 0.516. The van der Waals surface area contributed by atoms with Gasteiger partial charge in [0.05, 0.1) is 5.69 Å². The number of nitrogens with zero attached hydrogens (tertiary/aromatic N) is 4. The van der Waals surface area contributed by atoms with Crippen LogP contribution >= 0.6 is 0 Å². The van der Waals surface area contributed by atoms with E-state index < -0.39 is 5.60 Å². The summed E-state index contributed by atoms with van der Waals surface area (Å²) < 4.78 is 5.47. The zero-order valence-corrected chi connectivity index (χ0v) is 14.0. The third kappa shape index (κ3) is 4.66. The van der Waals surface area contributed by atoms with E-state index in [1.54, 1.807) is 6.20 Å². The van der Waals surface area contributed by atoms with Crippen molar-refractivity contribution in [2.75, 3.05) is 19.6 Å². The SMILES string of the molecule is CCC1CN(C(=O)OC(C)(C)C)CCN1Cc1cccnn1. The summed E-state index contributed by atoms with van der Waals surface area (Å²) in [7, 11) is 0. The molecule has 1 aliphatic rings. The van der Waals surface area contributed by atoms with Gasteiger partial charge in [-0.05, 0) is 39.3 Å². The number of amides is 1. The lowest BCUT2D eigenvalue weighted by Gasteiger charge is -2.41. The molecule has 0 bridgehead atoms. The Bertz CT molecular complexity index is 487. The lowest BCUT2D eigenvalue weighted by Crippen LogP contribution is -2.54. The highest BCUT2D eigenvalue weighted by molar-refractivity contribution is 5.68. The molecule has 1 atom stereocenters. The maximum atomic E-state index is 12.2. The molecule has 1 aromatic rings. The molecule has 122 valence electrons. The average Bonchev–Trinajstić information content (AvgIpc) is 2.47. The van der Waals surface area contributed by atoms with Gasteiger partial charge in [-0.3, -0.25) is 4.90 Å². The van der Waals surface area contributed by atoms with E-state index in [9.17, 15) is 4.79 Å². The summed E-state index contributed by atoms with van der Waals surface area (Å²) >= 11 is 0. The van der Waals surface area contributed by atoms with Gasteiger partial charge in [0.2, 0.25) is 0 Å². The van der Waals surface area contributed by atoms with E-state index in [1.165, 1.54) is 0 Å². The van der Waals surface area contributed by atoms with Crippen molar-refractivity contribution in [2.24, 2.45) is 0 Å². The van der Waals surface area contributed by atoms with E-state index in [4.69, 9.17) is 4.74 Å². The van der Waals surface area contributed by atoms with Gasteiger partial charge in [-0.2, -0.15) is 10.2 Å². The van der Waals surface area contributed by atoms with Crippen LogP contribution in [0, 0.1) is 0 Å². The van der Waals surface area contributed by atoms with Gasteiger partial charge in [-0.15, -0.1) is 0 Å². The molecule has 2 heterocycles. The minimum absolute atomic E-state index is 0.217. The van der Waals surface area contributed by atoms with Crippen LogP contribution in [0.3, 0.4) is 0 Å². The number of hydrogen-bond donors (Lipinski definition) is 0. The number of hydrogen-bond acceptors (Lipinski definition) is 5. The third-order valence-corrected chi connectivity index (χ3v) is 3.72. The van der Waals surface area contributed by atoms with Crippen LogP contribution in [-0.4, -0.2) is 57.4 Å². The number of piperazine rings is 1. The van der Waals surface area contributed by atoms with Crippen LogP contribution in [0.5, 0.6) is 0 Å². The molecule has 1 aromatic heterocycles. The van der Waals surface area contributed by atoms with E-state index in [1.807, 2.05) is 37.8 Å². The van der Waals surface area contributed by atoms with Crippen LogP contribution in [0.15, 0.2) is 18.3 Å². The van der Waals surface area contributed by atoms with Gasteiger partial charge in [-0.1, -0.05) is 6.92 Å². The topological polar surface area (TPSA) is 58.6 Å². The second kappa shape index (κ2) is 7.05. The fourth-order valence-electron chi connectivity index (χ4n) is 2.61. The standard InChI is InChI=1S/C16H26N4O2/c1-5-14-12-20(15(21)22-16(2,3)4)10-9-19(14)11-13-7-6-8-17-18-13/h6-8,14H,5,9-12H2,1-4H3. The molecule has 22 heavy (non-hydrogen) atoms. The molecule has 0 aromatic carbocycles. The highest BCUT2D eigenvalue weighted by atomic mass is 16.6. The Kier molecular flexibility index (Phi) is 5.34. The van der Waals surface area contributed by atoms with Crippen molar-refractivity contribution in [2.45, 2.75) is 52.3 Å². The normalized spacial score (nSPS) is 20.0. The van der Waals surface area contributed by atoms with Crippen molar-refractivity contribution in [3.8, 4) is 0 Å². The first kappa shape index (κ1) is 16.7. The first-order valence-corrected chi connectivity index (χ1v) is 7.87. The molecule has 0 N–H and O–H groups in total. The van der Waals surface area contributed by atoms with E-state index in [-0.39, 0.29) is 6.09 Å². The second-order valence-electron chi connectivity index (χ2n) is 6.67. The molecule has 6 nitrogen and oxygen atoms in total. The van der Waals surface area contributed by atoms with Crippen LogP contribution in [0.4, 0.5) is 4.79 Å². The molecular weight excluding hydrogens is 280 g/mol. The van der Waals surface area contributed by atoms with Crippen LogP contribution in [0.25, 0.3) is 0 Å². The van der Waals surface area contributed by atoms with Gasteiger partial charge < -0.3 is 9.64 Å². The van der Waals surface area contributed by atoms with E-state index >= 15 is 0 Å². The summed E-state index contributed by atoms with van der Waals surface area (Å²) in [5.74, 6) is 0. The zero-order valence-electron chi connectivity index (χ0n) is 14.0. The second-order valence-corrected chi connectivity index (χ2v) is 6.67. The smallest absolute Gasteiger partial charge is 0.410 e. The molecule has 0 radical (unpaired) electrons. The first-order chi connectivity index (χ1) is 10.4. The van der Waals surface area contributed by atoms with Gasteiger partial charge in [0.25, 0.3) is 0 Å². The van der Waals surface area contributed by atoms with Crippen LogP contribution in [-0.2, 0) is 11.3 Å². The maximum absolute atomic E-state index is 12.2. The fourth-order valence-corrected chi connectivity index (χ4v) is 2.61. The highest BCUT2D eigenvalue weighted by Crippen LogP contribution is 2.18. The lowest BCUT2D eigenvalue weighted by molar-refractivity contribution is 0.00170. The summed E-state index contributed by atoms with van der Waals surface area (Å²) in [6.07, 6.45) is 2.45. The Morgan fingerprint density at radius 1 is 1.41 bits per heavy atom. The van der Waals surface area contributed by atoms with Gasteiger partial charge in [0, 0.05) is 38.4 Å². The van der Waals surface area contributed by atoms with Crippen LogP contribution in [0.2, 0.25) is 0 Å². The molecule has 1 aliphatic heterocycles. The van der Waals surface area contributed by atoms with Crippen molar-refractivity contribution in [3.05, 3.63) is 24.0 Å². The monoisotopic (exact) mass is 306 g/mol. The van der Waals surface area contributed by atoms with Crippen molar-refractivity contribution in [1.29, 1.82) is 0 Å². The van der Waals surface area contributed by atoms with E-state index in [2.05, 4.69) is 22.0 Å². The molecule has 0 saturated carbocycles. The first-order valence-electron chi connectivity index (χ1n) is 7.87. The number of aromatic nitrogens is 2. The average molecular weight is 306 g/mol. The molecule has 1 amide bonds. The predicted octanol–water partition coefficient (Wildman–Crippen LogP) is 2.31. The van der Waals surface area contributed by atoms with Crippen LogP contribution < -0.4 is 0 Å². The Morgan fingerprint density at radius 3 is 2.77 bits per heavy atom. The molecular formula is C16H26N4O2.